The third kappa shape index (κ3) is 3.21. The highest BCUT2D eigenvalue weighted by Gasteiger charge is 2.27. The second kappa shape index (κ2) is 6.55. The molecule has 1 fully saturated rings. The number of nitrogens with one attached hydrogen (secondary N) is 1. The molecule has 0 radical (unpaired) electrons. The van der Waals surface area contributed by atoms with Crippen LogP contribution in [-0.4, -0.2) is 37.0 Å². The SMILES string of the molecule is Cc1ccnn1CC(C)CNC(=O)c1cc(C2CC2)nc2c1cnn2C. The molecule has 0 bridgehead atoms. The number of aromatic nitrogens is 5. The normalized spacial score (nSPS) is 15.3. The molecule has 136 valence electrons. The molecule has 0 spiro atoms. The van der Waals surface area contributed by atoms with Gasteiger partial charge < -0.3 is 5.32 Å². The molecular weight excluding hydrogens is 328 g/mol. The van der Waals surface area contributed by atoms with Gasteiger partial charge in [0.05, 0.1) is 17.1 Å². The Morgan fingerprint density at radius 3 is 2.88 bits per heavy atom. The van der Waals surface area contributed by atoms with Crippen molar-refractivity contribution in [3.8, 4) is 0 Å². The van der Waals surface area contributed by atoms with Gasteiger partial charge >= 0.3 is 0 Å². The van der Waals surface area contributed by atoms with Gasteiger partial charge in [0.15, 0.2) is 5.65 Å². The fraction of sp³-hybridized carbons (Fsp3) is 0.474. The summed E-state index contributed by atoms with van der Waals surface area (Å²) < 4.78 is 3.70. The minimum absolute atomic E-state index is 0.0589. The average molecular weight is 352 g/mol. The first-order valence-electron chi connectivity index (χ1n) is 9.12. The summed E-state index contributed by atoms with van der Waals surface area (Å²) in [7, 11) is 1.86. The third-order valence-corrected chi connectivity index (χ3v) is 4.99. The second-order valence-electron chi connectivity index (χ2n) is 7.34. The van der Waals surface area contributed by atoms with Gasteiger partial charge in [-0.1, -0.05) is 6.92 Å². The summed E-state index contributed by atoms with van der Waals surface area (Å²) in [5, 5.41) is 12.5. The number of rotatable bonds is 6. The number of pyridine rings is 1. The molecule has 7 heteroatoms. The van der Waals surface area contributed by atoms with E-state index in [9.17, 15) is 4.79 Å². The zero-order valence-electron chi connectivity index (χ0n) is 15.4. The first kappa shape index (κ1) is 16.8. The highest BCUT2D eigenvalue weighted by molar-refractivity contribution is 6.05. The van der Waals surface area contributed by atoms with Crippen molar-refractivity contribution >= 4 is 16.9 Å². The predicted octanol–water partition coefficient (Wildman–Crippen LogP) is 2.42. The van der Waals surface area contributed by atoms with Gasteiger partial charge in [-0.25, -0.2) is 4.98 Å². The minimum Gasteiger partial charge on any atom is -0.352 e. The zero-order valence-corrected chi connectivity index (χ0v) is 15.4. The molecule has 7 nitrogen and oxygen atoms in total. The highest BCUT2D eigenvalue weighted by Crippen LogP contribution is 2.40. The lowest BCUT2D eigenvalue weighted by Crippen LogP contribution is -2.30. The van der Waals surface area contributed by atoms with Crippen LogP contribution in [0.25, 0.3) is 11.0 Å². The maximum atomic E-state index is 12.8. The summed E-state index contributed by atoms with van der Waals surface area (Å²) in [6.45, 7) is 5.53. The topological polar surface area (TPSA) is 77.6 Å². The van der Waals surface area contributed by atoms with Gasteiger partial charge in [-0.05, 0) is 37.8 Å². The molecule has 1 saturated carbocycles. The van der Waals surface area contributed by atoms with E-state index in [2.05, 4.69) is 22.4 Å². The number of amides is 1. The van der Waals surface area contributed by atoms with Crippen LogP contribution < -0.4 is 5.32 Å². The molecule has 3 aromatic heterocycles. The molecule has 1 N–H and O–H groups in total. The fourth-order valence-corrected chi connectivity index (χ4v) is 3.22. The smallest absolute Gasteiger partial charge is 0.252 e. The van der Waals surface area contributed by atoms with Crippen LogP contribution in [0.1, 0.15) is 47.4 Å². The Balaban J connectivity index is 1.50. The molecule has 26 heavy (non-hydrogen) atoms. The fourth-order valence-electron chi connectivity index (χ4n) is 3.22. The molecule has 3 aromatic rings. The maximum Gasteiger partial charge on any atom is 0.252 e. The molecule has 1 aliphatic rings. The lowest BCUT2D eigenvalue weighted by molar-refractivity contribution is 0.0948. The zero-order chi connectivity index (χ0) is 18.3. The van der Waals surface area contributed by atoms with E-state index >= 15 is 0 Å². The molecule has 0 aromatic carbocycles. The van der Waals surface area contributed by atoms with Crippen molar-refractivity contribution < 1.29 is 4.79 Å². The van der Waals surface area contributed by atoms with Crippen LogP contribution in [0.5, 0.6) is 0 Å². The second-order valence-corrected chi connectivity index (χ2v) is 7.34. The van der Waals surface area contributed by atoms with Crippen LogP contribution in [-0.2, 0) is 13.6 Å². The number of carbonyl (C=O) groups excluding carboxylic acids is 1. The van der Waals surface area contributed by atoms with Gasteiger partial charge in [-0.2, -0.15) is 10.2 Å². The van der Waals surface area contributed by atoms with E-state index in [1.54, 1.807) is 17.1 Å². The minimum atomic E-state index is -0.0589. The van der Waals surface area contributed by atoms with Crippen molar-refractivity contribution in [3.05, 3.63) is 41.5 Å². The number of hydrogen-bond acceptors (Lipinski definition) is 4. The lowest BCUT2D eigenvalue weighted by atomic mass is 10.1. The van der Waals surface area contributed by atoms with Crippen LogP contribution in [0.4, 0.5) is 0 Å². The van der Waals surface area contributed by atoms with Crippen LogP contribution in [0.3, 0.4) is 0 Å². The largest absolute Gasteiger partial charge is 0.352 e. The molecule has 4 rings (SSSR count). The van der Waals surface area contributed by atoms with E-state index in [0.29, 0.717) is 18.0 Å². The Kier molecular flexibility index (Phi) is 4.22. The van der Waals surface area contributed by atoms with Crippen LogP contribution >= 0.6 is 0 Å². The van der Waals surface area contributed by atoms with E-state index in [0.717, 1.165) is 41.8 Å². The molecule has 0 aliphatic heterocycles. The number of nitrogens with zero attached hydrogens (tertiary/aromatic N) is 5. The van der Waals surface area contributed by atoms with Gasteiger partial charge in [0.25, 0.3) is 5.91 Å². The quantitative estimate of drug-likeness (QED) is 0.739. The summed E-state index contributed by atoms with van der Waals surface area (Å²) in [6.07, 6.45) is 5.83. The first-order chi connectivity index (χ1) is 12.5. The Bertz CT molecular complexity index is 952. The molecule has 3 heterocycles. The molecule has 1 aliphatic carbocycles. The predicted molar refractivity (Wildman–Crippen MR) is 98.9 cm³/mol. The van der Waals surface area contributed by atoms with Crippen molar-refractivity contribution in [1.82, 2.24) is 29.9 Å². The Labute approximate surface area is 152 Å². The summed E-state index contributed by atoms with van der Waals surface area (Å²) in [5.41, 5.74) is 3.59. The molecule has 1 unspecified atom stereocenters. The Morgan fingerprint density at radius 1 is 1.38 bits per heavy atom. The van der Waals surface area contributed by atoms with E-state index in [1.807, 2.05) is 30.8 Å². The van der Waals surface area contributed by atoms with E-state index < -0.39 is 0 Å². The third-order valence-electron chi connectivity index (χ3n) is 4.99. The molecule has 0 saturated heterocycles. The molecule has 1 amide bonds. The van der Waals surface area contributed by atoms with Gasteiger partial charge in [-0.15, -0.1) is 0 Å². The first-order valence-corrected chi connectivity index (χ1v) is 9.12. The van der Waals surface area contributed by atoms with Crippen molar-refractivity contribution in [3.63, 3.8) is 0 Å². The van der Waals surface area contributed by atoms with Gasteiger partial charge in [0.1, 0.15) is 0 Å². The Hall–Kier alpha value is -2.70. The average Bonchev–Trinajstić information content (AvgIpc) is 3.32. The summed E-state index contributed by atoms with van der Waals surface area (Å²) >= 11 is 0. The van der Waals surface area contributed by atoms with Crippen LogP contribution in [0.2, 0.25) is 0 Å². The number of carbonyl (C=O) groups is 1. The number of hydrogen-bond donors (Lipinski definition) is 1. The van der Waals surface area contributed by atoms with Gasteiger partial charge in [0.2, 0.25) is 0 Å². The summed E-state index contributed by atoms with van der Waals surface area (Å²) in [6, 6.07) is 3.93. The lowest BCUT2D eigenvalue weighted by Gasteiger charge is -2.14. The van der Waals surface area contributed by atoms with Crippen molar-refractivity contribution in [2.45, 2.75) is 39.2 Å². The van der Waals surface area contributed by atoms with Gasteiger partial charge in [-0.3, -0.25) is 14.2 Å². The van der Waals surface area contributed by atoms with E-state index in [-0.39, 0.29) is 11.8 Å². The Morgan fingerprint density at radius 2 is 2.19 bits per heavy atom. The van der Waals surface area contributed by atoms with Crippen molar-refractivity contribution in [1.29, 1.82) is 0 Å². The number of aryl methyl sites for hydroxylation is 2. The van der Waals surface area contributed by atoms with Gasteiger partial charge in [0, 0.05) is 43.6 Å². The maximum absolute atomic E-state index is 12.8. The van der Waals surface area contributed by atoms with Crippen molar-refractivity contribution in [2.24, 2.45) is 13.0 Å². The molecule has 1 atom stereocenters. The van der Waals surface area contributed by atoms with Crippen LogP contribution in [0.15, 0.2) is 24.5 Å². The molecular formula is C19H24N6O. The standard InChI is InChI=1S/C19H24N6O/c1-12(11-25-13(2)6-7-21-25)9-20-19(26)15-8-17(14-4-5-14)23-18-16(15)10-22-24(18)3/h6-8,10,12,14H,4-5,9,11H2,1-3H3,(H,20,26). The number of fused-ring (bicyclic) bond motifs is 1. The van der Waals surface area contributed by atoms with E-state index in [4.69, 9.17) is 4.98 Å². The van der Waals surface area contributed by atoms with Crippen LogP contribution in [0, 0.1) is 12.8 Å². The monoisotopic (exact) mass is 352 g/mol. The summed E-state index contributed by atoms with van der Waals surface area (Å²) in [4.78, 5) is 17.5. The van der Waals surface area contributed by atoms with E-state index in [1.165, 1.54) is 0 Å². The summed E-state index contributed by atoms with van der Waals surface area (Å²) in [5.74, 6) is 0.714. The van der Waals surface area contributed by atoms with Crippen molar-refractivity contribution in [2.75, 3.05) is 6.54 Å². The highest BCUT2D eigenvalue weighted by atomic mass is 16.1.